The van der Waals surface area contributed by atoms with Gasteiger partial charge in [0.2, 0.25) is 5.91 Å². The van der Waals surface area contributed by atoms with Crippen LogP contribution >= 0.6 is 0 Å². The second kappa shape index (κ2) is 5.31. The van der Waals surface area contributed by atoms with E-state index in [0.717, 1.165) is 39.0 Å². The van der Waals surface area contributed by atoms with Gasteiger partial charge in [-0.3, -0.25) is 4.79 Å². The first kappa shape index (κ1) is 10.7. The van der Waals surface area contributed by atoms with Gasteiger partial charge in [-0.2, -0.15) is 0 Å². The number of amides is 1. The Morgan fingerprint density at radius 3 is 3.07 bits per heavy atom. The van der Waals surface area contributed by atoms with Gasteiger partial charge in [0.1, 0.15) is 0 Å². The Balaban J connectivity index is 1.77. The van der Waals surface area contributed by atoms with E-state index in [1.54, 1.807) is 0 Å². The molecule has 84 valence electrons. The minimum atomic E-state index is 0.341. The third-order valence-corrected chi connectivity index (χ3v) is 3.27. The van der Waals surface area contributed by atoms with Crippen molar-refractivity contribution < 1.29 is 4.79 Å². The summed E-state index contributed by atoms with van der Waals surface area (Å²) in [6.07, 6.45) is 8.45. The molecule has 1 N–H and O–H groups in total. The minimum absolute atomic E-state index is 0.341. The highest BCUT2D eigenvalue weighted by molar-refractivity contribution is 5.76. The van der Waals surface area contributed by atoms with Crippen molar-refractivity contribution >= 4 is 5.91 Å². The number of hydrogen-bond acceptors (Lipinski definition) is 2. The molecule has 0 radical (unpaired) electrons. The van der Waals surface area contributed by atoms with Crippen molar-refractivity contribution in [3.05, 3.63) is 12.2 Å². The summed E-state index contributed by atoms with van der Waals surface area (Å²) in [5.74, 6) is 0.908. The zero-order valence-corrected chi connectivity index (χ0v) is 9.24. The first-order chi connectivity index (χ1) is 7.36. The molecule has 3 heteroatoms. The first-order valence-electron chi connectivity index (χ1n) is 6.00. The van der Waals surface area contributed by atoms with Gasteiger partial charge in [-0.15, -0.1) is 0 Å². The van der Waals surface area contributed by atoms with Crippen LogP contribution in [0.2, 0.25) is 0 Å². The molecule has 1 saturated heterocycles. The predicted octanol–water partition coefficient (Wildman–Crippen LogP) is 1.16. The number of rotatable bonds is 2. The van der Waals surface area contributed by atoms with E-state index in [-0.39, 0.29) is 0 Å². The maximum Gasteiger partial charge on any atom is 0.223 e. The molecule has 1 atom stereocenters. The van der Waals surface area contributed by atoms with E-state index in [1.165, 1.54) is 12.8 Å². The Hall–Kier alpha value is -0.830. The van der Waals surface area contributed by atoms with Crippen molar-refractivity contribution in [3.8, 4) is 0 Å². The van der Waals surface area contributed by atoms with Gasteiger partial charge in [0.15, 0.2) is 0 Å². The Morgan fingerprint density at radius 2 is 2.40 bits per heavy atom. The molecule has 0 aromatic carbocycles. The van der Waals surface area contributed by atoms with Crippen LogP contribution in [0.1, 0.15) is 25.7 Å². The van der Waals surface area contributed by atoms with Crippen molar-refractivity contribution in [3.63, 3.8) is 0 Å². The lowest BCUT2D eigenvalue weighted by molar-refractivity contribution is -0.132. The van der Waals surface area contributed by atoms with Crippen molar-refractivity contribution in [1.82, 2.24) is 10.2 Å². The van der Waals surface area contributed by atoms with Gasteiger partial charge < -0.3 is 10.2 Å². The van der Waals surface area contributed by atoms with Crippen molar-refractivity contribution in [2.45, 2.75) is 25.7 Å². The number of nitrogens with zero attached hydrogens (tertiary/aromatic N) is 1. The maximum atomic E-state index is 11.9. The summed E-state index contributed by atoms with van der Waals surface area (Å²) in [4.78, 5) is 13.9. The highest BCUT2D eigenvalue weighted by Gasteiger charge is 2.20. The maximum absolute atomic E-state index is 11.9. The smallest absolute Gasteiger partial charge is 0.223 e. The van der Waals surface area contributed by atoms with Crippen LogP contribution in [0.25, 0.3) is 0 Å². The number of hydrogen-bond donors (Lipinski definition) is 1. The zero-order valence-electron chi connectivity index (χ0n) is 9.24. The fraction of sp³-hybridized carbons (Fsp3) is 0.750. The number of nitrogens with one attached hydrogen (secondary N) is 1. The lowest BCUT2D eigenvalue weighted by Gasteiger charge is -2.27. The van der Waals surface area contributed by atoms with Crippen molar-refractivity contribution in [1.29, 1.82) is 0 Å². The lowest BCUT2D eigenvalue weighted by Crippen LogP contribution is -2.38. The van der Waals surface area contributed by atoms with Crippen LogP contribution in [0.15, 0.2) is 12.2 Å². The fourth-order valence-corrected chi connectivity index (χ4v) is 2.34. The van der Waals surface area contributed by atoms with Gasteiger partial charge in [0.05, 0.1) is 0 Å². The second-order valence-corrected chi connectivity index (χ2v) is 4.52. The summed E-state index contributed by atoms with van der Waals surface area (Å²) in [6.45, 7) is 3.88. The molecule has 1 amide bonds. The van der Waals surface area contributed by atoms with Gasteiger partial charge in [-0.1, -0.05) is 12.2 Å². The molecule has 0 aromatic rings. The second-order valence-electron chi connectivity index (χ2n) is 4.52. The molecule has 1 fully saturated rings. The summed E-state index contributed by atoms with van der Waals surface area (Å²) in [5.41, 5.74) is 0. The van der Waals surface area contributed by atoms with Crippen LogP contribution in [-0.4, -0.2) is 37.0 Å². The molecule has 0 saturated carbocycles. The Kier molecular flexibility index (Phi) is 3.78. The molecule has 0 bridgehead atoms. The monoisotopic (exact) mass is 208 g/mol. The van der Waals surface area contributed by atoms with Crippen LogP contribution in [0, 0.1) is 5.92 Å². The molecule has 0 aliphatic carbocycles. The van der Waals surface area contributed by atoms with E-state index in [0.29, 0.717) is 11.8 Å². The molecule has 3 nitrogen and oxygen atoms in total. The first-order valence-corrected chi connectivity index (χ1v) is 6.00. The van der Waals surface area contributed by atoms with Gasteiger partial charge in [-0.25, -0.2) is 0 Å². The third-order valence-electron chi connectivity index (χ3n) is 3.27. The average Bonchev–Trinajstić information content (AvgIpc) is 2.31. The fourth-order valence-electron chi connectivity index (χ4n) is 2.34. The topological polar surface area (TPSA) is 32.3 Å². The predicted molar refractivity (Wildman–Crippen MR) is 60.5 cm³/mol. The van der Waals surface area contributed by atoms with E-state index >= 15 is 0 Å². The van der Waals surface area contributed by atoms with E-state index < -0.39 is 0 Å². The number of carbonyl (C=O) groups excluding carboxylic acids is 1. The molecule has 2 aliphatic rings. The summed E-state index contributed by atoms with van der Waals surface area (Å²) in [6, 6.07) is 0. The Morgan fingerprint density at radius 1 is 1.47 bits per heavy atom. The molecule has 2 rings (SSSR count). The van der Waals surface area contributed by atoms with Gasteiger partial charge in [-0.05, 0) is 38.3 Å². The van der Waals surface area contributed by atoms with Crippen molar-refractivity contribution in [2.75, 3.05) is 26.2 Å². The van der Waals surface area contributed by atoms with Crippen LogP contribution in [0.5, 0.6) is 0 Å². The summed E-state index contributed by atoms with van der Waals surface area (Å²) in [5, 5.41) is 3.36. The van der Waals surface area contributed by atoms with Gasteiger partial charge in [0.25, 0.3) is 0 Å². The minimum Gasteiger partial charge on any atom is -0.339 e. The average molecular weight is 208 g/mol. The van der Waals surface area contributed by atoms with Crippen LogP contribution < -0.4 is 5.32 Å². The quantitative estimate of drug-likeness (QED) is 0.691. The van der Waals surface area contributed by atoms with Crippen LogP contribution in [-0.2, 0) is 4.79 Å². The SMILES string of the molecule is O=C(CC1CCCNC1)N1CC=CCC1. The molecule has 15 heavy (non-hydrogen) atoms. The Labute approximate surface area is 91.5 Å². The third kappa shape index (κ3) is 3.06. The lowest BCUT2D eigenvalue weighted by atomic mass is 9.95. The summed E-state index contributed by atoms with van der Waals surface area (Å²) in [7, 11) is 0. The van der Waals surface area contributed by atoms with Crippen LogP contribution in [0.3, 0.4) is 0 Å². The van der Waals surface area contributed by atoms with Crippen LogP contribution in [0.4, 0.5) is 0 Å². The number of carbonyl (C=O) groups is 1. The highest BCUT2D eigenvalue weighted by Crippen LogP contribution is 2.16. The molecule has 2 heterocycles. The summed E-state index contributed by atoms with van der Waals surface area (Å²) < 4.78 is 0. The van der Waals surface area contributed by atoms with Gasteiger partial charge in [0, 0.05) is 19.5 Å². The largest absolute Gasteiger partial charge is 0.339 e. The van der Waals surface area contributed by atoms with E-state index in [9.17, 15) is 4.79 Å². The summed E-state index contributed by atoms with van der Waals surface area (Å²) >= 11 is 0. The van der Waals surface area contributed by atoms with E-state index in [2.05, 4.69) is 17.5 Å². The number of piperidine rings is 1. The van der Waals surface area contributed by atoms with Crippen molar-refractivity contribution in [2.24, 2.45) is 5.92 Å². The molecule has 0 aromatic heterocycles. The zero-order chi connectivity index (χ0) is 10.5. The standard InChI is InChI=1S/C12H20N2O/c15-12(14-7-2-1-3-8-14)9-11-5-4-6-13-10-11/h1-2,11,13H,3-10H2. The Bertz CT molecular complexity index is 244. The normalized spacial score (nSPS) is 26.7. The van der Waals surface area contributed by atoms with E-state index in [4.69, 9.17) is 0 Å². The molecule has 0 spiro atoms. The highest BCUT2D eigenvalue weighted by atomic mass is 16.2. The molecular weight excluding hydrogens is 188 g/mol. The van der Waals surface area contributed by atoms with E-state index in [1.807, 2.05) is 4.90 Å². The molecular formula is C12H20N2O. The molecule has 1 unspecified atom stereocenters. The van der Waals surface area contributed by atoms with Gasteiger partial charge >= 0.3 is 0 Å². The molecule has 2 aliphatic heterocycles.